The molecular formula is C13H16ClFO2. The number of rotatable bonds is 3. The normalized spacial score (nSPS) is 25.9. The Morgan fingerprint density at radius 2 is 2.29 bits per heavy atom. The molecule has 3 atom stereocenters. The molecule has 0 saturated carbocycles. The van der Waals surface area contributed by atoms with Crippen LogP contribution in [0.25, 0.3) is 0 Å². The number of hydrogen-bond acceptors (Lipinski definition) is 2. The van der Waals surface area contributed by atoms with Gasteiger partial charge >= 0.3 is 0 Å². The van der Waals surface area contributed by atoms with Gasteiger partial charge in [0.15, 0.2) is 0 Å². The van der Waals surface area contributed by atoms with Crippen LogP contribution >= 0.6 is 11.6 Å². The number of benzene rings is 1. The fourth-order valence-corrected chi connectivity index (χ4v) is 2.52. The zero-order chi connectivity index (χ0) is 12.4. The van der Waals surface area contributed by atoms with Crippen molar-refractivity contribution in [2.75, 3.05) is 13.7 Å². The van der Waals surface area contributed by atoms with E-state index in [2.05, 4.69) is 0 Å². The molecule has 0 spiro atoms. The SMILES string of the molecule is COc1ccc(C(Cl)C2COC(C)C2)c(F)c1. The first-order valence-electron chi connectivity index (χ1n) is 5.71. The van der Waals surface area contributed by atoms with E-state index >= 15 is 0 Å². The summed E-state index contributed by atoms with van der Waals surface area (Å²) in [6, 6.07) is 4.78. The summed E-state index contributed by atoms with van der Waals surface area (Å²) < 4.78 is 24.3. The van der Waals surface area contributed by atoms with Gasteiger partial charge in [-0.25, -0.2) is 4.39 Å². The van der Waals surface area contributed by atoms with Gasteiger partial charge < -0.3 is 9.47 Å². The summed E-state index contributed by atoms with van der Waals surface area (Å²) in [6.07, 6.45) is 1.09. The lowest BCUT2D eigenvalue weighted by Gasteiger charge is -2.17. The van der Waals surface area contributed by atoms with E-state index in [9.17, 15) is 4.39 Å². The van der Waals surface area contributed by atoms with E-state index in [0.29, 0.717) is 17.9 Å². The Balaban J connectivity index is 2.16. The highest BCUT2D eigenvalue weighted by molar-refractivity contribution is 6.21. The van der Waals surface area contributed by atoms with Gasteiger partial charge in [-0.2, -0.15) is 0 Å². The van der Waals surface area contributed by atoms with Crippen molar-refractivity contribution >= 4 is 11.6 Å². The van der Waals surface area contributed by atoms with Crippen molar-refractivity contribution in [2.45, 2.75) is 24.8 Å². The molecule has 0 N–H and O–H groups in total. The maximum Gasteiger partial charge on any atom is 0.131 e. The Morgan fingerprint density at radius 1 is 1.53 bits per heavy atom. The summed E-state index contributed by atoms with van der Waals surface area (Å²) >= 11 is 6.32. The summed E-state index contributed by atoms with van der Waals surface area (Å²) in [6.45, 7) is 2.61. The third-order valence-corrected chi connectivity index (χ3v) is 3.74. The third-order valence-electron chi connectivity index (χ3n) is 3.15. The number of alkyl halides is 1. The maximum absolute atomic E-state index is 13.8. The lowest BCUT2D eigenvalue weighted by atomic mass is 9.96. The van der Waals surface area contributed by atoms with Gasteiger partial charge in [0.25, 0.3) is 0 Å². The summed E-state index contributed by atoms with van der Waals surface area (Å²) in [5, 5.41) is -0.342. The Morgan fingerprint density at radius 3 is 2.82 bits per heavy atom. The van der Waals surface area contributed by atoms with E-state index < -0.39 is 0 Å². The molecule has 0 radical (unpaired) electrons. The first kappa shape index (κ1) is 12.7. The molecule has 94 valence electrons. The van der Waals surface area contributed by atoms with Crippen molar-refractivity contribution < 1.29 is 13.9 Å². The smallest absolute Gasteiger partial charge is 0.131 e. The zero-order valence-electron chi connectivity index (χ0n) is 9.95. The van der Waals surface area contributed by atoms with Gasteiger partial charge in [0, 0.05) is 17.5 Å². The Kier molecular flexibility index (Phi) is 3.89. The molecule has 1 aliphatic rings. The fraction of sp³-hybridized carbons (Fsp3) is 0.538. The molecule has 0 bridgehead atoms. The summed E-state index contributed by atoms with van der Waals surface area (Å²) in [5.74, 6) is 0.365. The highest BCUT2D eigenvalue weighted by Gasteiger charge is 2.30. The fourth-order valence-electron chi connectivity index (χ4n) is 2.17. The van der Waals surface area contributed by atoms with Crippen LogP contribution in [0.2, 0.25) is 0 Å². The average molecular weight is 259 g/mol. The van der Waals surface area contributed by atoms with Gasteiger partial charge in [-0.15, -0.1) is 11.6 Å². The van der Waals surface area contributed by atoms with Crippen molar-refractivity contribution in [3.63, 3.8) is 0 Å². The molecule has 1 aromatic rings. The first-order valence-corrected chi connectivity index (χ1v) is 6.14. The predicted octanol–water partition coefficient (Wildman–Crippen LogP) is 3.54. The largest absolute Gasteiger partial charge is 0.497 e. The number of hydrogen-bond donors (Lipinski definition) is 0. The second kappa shape index (κ2) is 5.23. The summed E-state index contributed by atoms with van der Waals surface area (Å²) in [7, 11) is 1.51. The van der Waals surface area contributed by atoms with Gasteiger partial charge in [-0.3, -0.25) is 0 Å². The molecule has 3 unspecified atom stereocenters. The van der Waals surface area contributed by atoms with Crippen molar-refractivity contribution in [3.8, 4) is 5.75 Å². The van der Waals surface area contributed by atoms with Gasteiger partial charge in [0.05, 0.1) is 25.2 Å². The molecule has 0 aromatic heterocycles. The van der Waals surface area contributed by atoms with E-state index in [4.69, 9.17) is 21.1 Å². The van der Waals surface area contributed by atoms with E-state index in [1.165, 1.54) is 13.2 Å². The molecule has 1 fully saturated rings. The maximum atomic E-state index is 13.8. The minimum atomic E-state index is -0.342. The van der Waals surface area contributed by atoms with E-state index in [0.717, 1.165) is 6.42 Å². The number of methoxy groups -OCH3 is 1. The molecule has 0 aliphatic carbocycles. The second-order valence-corrected chi connectivity index (χ2v) is 4.90. The molecule has 1 aromatic carbocycles. The van der Waals surface area contributed by atoms with Crippen LogP contribution in [0.4, 0.5) is 4.39 Å². The molecular weight excluding hydrogens is 243 g/mol. The number of ether oxygens (including phenoxy) is 2. The van der Waals surface area contributed by atoms with Gasteiger partial charge in [0.1, 0.15) is 11.6 Å². The Hall–Kier alpha value is -0.800. The molecule has 4 heteroatoms. The third kappa shape index (κ3) is 2.72. The van der Waals surface area contributed by atoms with Crippen LogP contribution in [-0.4, -0.2) is 19.8 Å². The van der Waals surface area contributed by atoms with Gasteiger partial charge in [-0.1, -0.05) is 6.07 Å². The lowest BCUT2D eigenvalue weighted by Crippen LogP contribution is -2.09. The highest BCUT2D eigenvalue weighted by atomic mass is 35.5. The number of halogens is 2. The highest BCUT2D eigenvalue weighted by Crippen LogP contribution is 2.38. The summed E-state index contributed by atoms with van der Waals surface area (Å²) in [5.41, 5.74) is 0.523. The Bertz CT molecular complexity index is 397. The van der Waals surface area contributed by atoms with E-state index in [1.54, 1.807) is 12.1 Å². The predicted molar refractivity (Wildman–Crippen MR) is 65.1 cm³/mol. The minimum absolute atomic E-state index is 0.176. The first-order chi connectivity index (χ1) is 8.11. The molecule has 2 nitrogen and oxygen atoms in total. The molecule has 1 saturated heterocycles. The minimum Gasteiger partial charge on any atom is -0.497 e. The van der Waals surface area contributed by atoms with Crippen molar-refractivity contribution in [1.82, 2.24) is 0 Å². The lowest BCUT2D eigenvalue weighted by molar-refractivity contribution is 0.119. The van der Waals surface area contributed by atoms with Crippen LogP contribution in [0.3, 0.4) is 0 Å². The van der Waals surface area contributed by atoms with Crippen molar-refractivity contribution in [1.29, 1.82) is 0 Å². The Labute approximate surface area is 106 Å². The topological polar surface area (TPSA) is 18.5 Å². The standard InChI is InChI=1S/C13H16ClFO2/c1-8-5-9(7-17-8)13(14)11-4-3-10(16-2)6-12(11)15/h3-4,6,8-9,13H,5,7H2,1-2H3. The van der Waals surface area contributed by atoms with Crippen LogP contribution in [0, 0.1) is 11.7 Å². The van der Waals surface area contributed by atoms with E-state index in [-0.39, 0.29) is 23.2 Å². The van der Waals surface area contributed by atoms with Gasteiger partial charge in [-0.05, 0) is 19.4 Å². The summed E-state index contributed by atoms with van der Waals surface area (Å²) in [4.78, 5) is 0. The average Bonchev–Trinajstić information content (AvgIpc) is 2.75. The van der Waals surface area contributed by atoms with Crippen molar-refractivity contribution in [3.05, 3.63) is 29.6 Å². The molecule has 17 heavy (non-hydrogen) atoms. The van der Waals surface area contributed by atoms with E-state index in [1.807, 2.05) is 6.92 Å². The van der Waals surface area contributed by atoms with Crippen LogP contribution in [-0.2, 0) is 4.74 Å². The monoisotopic (exact) mass is 258 g/mol. The molecule has 1 heterocycles. The van der Waals surface area contributed by atoms with Crippen molar-refractivity contribution in [2.24, 2.45) is 5.92 Å². The van der Waals surface area contributed by atoms with Crippen LogP contribution in [0.1, 0.15) is 24.3 Å². The quantitative estimate of drug-likeness (QED) is 0.772. The second-order valence-electron chi connectivity index (χ2n) is 4.43. The zero-order valence-corrected chi connectivity index (χ0v) is 10.7. The molecule has 2 rings (SSSR count). The van der Waals surface area contributed by atoms with Gasteiger partial charge in [0.2, 0.25) is 0 Å². The molecule has 0 amide bonds. The van der Waals surface area contributed by atoms with Crippen LogP contribution in [0.15, 0.2) is 18.2 Å². The van der Waals surface area contributed by atoms with Crippen LogP contribution in [0.5, 0.6) is 5.75 Å². The molecule has 1 aliphatic heterocycles. The van der Waals surface area contributed by atoms with Crippen LogP contribution < -0.4 is 4.74 Å².